The SMILES string of the molecule is Cc1c(N2CCNCC2)cc(CC(=O)OC(C)(C)C)cc1N(C)C(=O)OCC1c2ccccc2-c2ccccc21. The molecule has 3 aromatic rings. The number of nitrogens with one attached hydrogen (secondary N) is 1. The summed E-state index contributed by atoms with van der Waals surface area (Å²) < 4.78 is 11.5. The zero-order valence-corrected chi connectivity index (χ0v) is 24.1. The quantitative estimate of drug-likeness (QED) is 0.405. The molecule has 0 radical (unpaired) electrons. The fourth-order valence-corrected chi connectivity index (χ4v) is 5.76. The van der Waals surface area contributed by atoms with Gasteiger partial charge in [-0.3, -0.25) is 9.69 Å². The molecular weight excluding hydrogens is 502 g/mol. The van der Waals surface area contributed by atoms with Crippen LogP contribution >= 0.6 is 0 Å². The number of carbonyl (C=O) groups is 2. The van der Waals surface area contributed by atoms with Crippen molar-refractivity contribution in [3.8, 4) is 11.1 Å². The predicted octanol–water partition coefficient (Wildman–Crippen LogP) is 5.67. The number of amides is 1. The molecule has 0 aromatic heterocycles. The molecular formula is C33H39N3O4. The average Bonchev–Trinajstić information content (AvgIpc) is 3.25. The van der Waals surface area contributed by atoms with E-state index < -0.39 is 11.7 Å². The van der Waals surface area contributed by atoms with Gasteiger partial charge in [-0.15, -0.1) is 0 Å². The molecule has 1 amide bonds. The highest BCUT2D eigenvalue weighted by atomic mass is 16.6. The van der Waals surface area contributed by atoms with Crippen LogP contribution < -0.4 is 15.1 Å². The number of benzene rings is 3. The van der Waals surface area contributed by atoms with Crippen molar-refractivity contribution in [2.24, 2.45) is 0 Å². The second-order valence-corrected chi connectivity index (χ2v) is 11.6. The smallest absolute Gasteiger partial charge is 0.414 e. The van der Waals surface area contributed by atoms with Gasteiger partial charge in [-0.1, -0.05) is 48.5 Å². The van der Waals surface area contributed by atoms with Crippen LogP contribution in [0.4, 0.5) is 16.2 Å². The molecule has 1 N–H and O–H groups in total. The van der Waals surface area contributed by atoms with Crippen LogP contribution in [0.1, 0.15) is 48.9 Å². The maximum atomic E-state index is 13.5. The number of carbonyl (C=O) groups excluding carboxylic acids is 2. The fraction of sp³-hybridized carbons (Fsp3) is 0.394. The molecule has 7 nitrogen and oxygen atoms in total. The highest BCUT2D eigenvalue weighted by molar-refractivity contribution is 5.90. The Morgan fingerprint density at radius 2 is 1.57 bits per heavy atom. The summed E-state index contributed by atoms with van der Waals surface area (Å²) in [6, 6.07) is 20.6. The molecule has 1 aliphatic heterocycles. The third kappa shape index (κ3) is 5.85. The summed E-state index contributed by atoms with van der Waals surface area (Å²) in [5.74, 6) is -0.307. The first-order valence-electron chi connectivity index (χ1n) is 14.0. The van der Waals surface area contributed by atoms with E-state index in [1.165, 1.54) is 22.3 Å². The number of piperazine rings is 1. The van der Waals surface area contributed by atoms with Crippen LogP contribution in [0.3, 0.4) is 0 Å². The second kappa shape index (κ2) is 11.3. The first-order chi connectivity index (χ1) is 19.1. The Morgan fingerprint density at radius 1 is 0.975 bits per heavy atom. The summed E-state index contributed by atoms with van der Waals surface area (Å²) in [6.07, 6.45) is -0.298. The van der Waals surface area contributed by atoms with E-state index >= 15 is 0 Å². The zero-order valence-electron chi connectivity index (χ0n) is 24.1. The number of anilines is 2. The standard InChI is InChI=1S/C33H39N3O4/c1-22-29(18-23(20-31(37)40-33(2,3)4)19-30(22)36-16-14-34-15-17-36)35(5)32(38)39-21-28-26-12-8-6-10-24(26)25-11-7-9-13-27(25)28/h6-13,18-19,28,34H,14-17,20-21H2,1-5H3. The van der Waals surface area contributed by atoms with Crippen molar-refractivity contribution in [1.29, 1.82) is 0 Å². The highest BCUT2D eigenvalue weighted by Crippen LogP contribution is 2.44. The lowest BCUT2D eigenvalue weighted by Crippen LogP contribution is -2.44. The van der Waals surface area contributed by atoms with Crippen molar-refractivity contribution in [3.05, 3.63) is 82.9 Å². The Kier molecular flexibility index (Phi) is 7.86. The van der Waals surface area contributed by atoms with Crippen molar-refractivity contribution in [3.63, 3.8) is 0 Å². The lowest BCUT2D eigenvalue weighted by Gasteiger charge is -2.33. The van der Waals surface area contributed by atoms with Gasteiger partial charge in [-0.2, -0.15) is 0 Å². The summed E-state index contributed by atoms with van der Waals surface area (Å²) in [4.78, 5) is 30.1. The number of nitrogens with zero attached hydrogens (tertiary/aromatic N) is 2. The average molecular weight is 542 g/mol. The molecule has 0 unspecified atom stereocenters. The largest absolute Gasteiger partial charge is 0.460 e. The van der Waals surface area contributed by atoms with Gasteiger partial charge in [-0.25, -0.2) is 4.79 Å². The highest BCUT2D eigenvalue weighted by Gasteiger charge is 2.30. The minimum absolute atomic E-state index is 0.0132. The van der Waals surface area contributed by atoms with Crippen LogP contribution in [-0.2, 0) is 20.7 Å². The minimum atomic E-state index is -0.565. The molecule has 0 saturated carbocycles. The number of fused-ring (bicyclic) bond motifs is 3. The van der Waals surface area contributed by atoms with Gasteiger partial charge in [0.15, 0.2) is 0 Å². The van der Waals surface area contributed by atoms with E-state index in [0.717, 1.165) is 48.7 Å². The Hall–Kier alpha value is -3.84. The van der Waals surface area contributed by atoms with Crippen molar-refractivity contribution in [1.82, 2.24) is 5.32 Å². The van der Waals surface area contributed by atoms with Gasteiger partial charge in [0.2, 0.25) is 0 Å². The van der Waals surface area contributed by atoms with Crippen LogP contribution in [0, 0.1) is 6.92 Å². The lowest BCUT2D eigenvalue weighted by atomic mass is 9.98. The van der Waals surface area contributed by atoms with Gasteiger partial charge in [-0.05, 0) is 73.2 Å². The van der Waals surface area contributed by atoms with Gasteiger partial charge in [0, 0.05) is 44.8 Å². The molecule has 1 saturated heterocycles. The maximum absolute atomic E-state index is 13.5. The van der Waals surface area contributed by atoms with E-state index in [2.05, 4.69) is 40.5 Å². The van der Waals surface area contributed by atoms with Crippen molar-refractivity contribution in [2.75, 3.05) is 49.6 Å². The van der Waals surface area contributed by atoms with Gasteiger partial charge in [0.1, 0.15) is 12.2 Å². The van der Waals surface area contributed by atoms with E-state index in [-0.39, 0.29) is 24.9 Å². The number of rotatable bonds is 6. The number of ether oxygens (including phenoxy) is 2. The van der Waals surface area contributed by atoms with Crippen LogP contribution in [0.5, 0.6) is 0 Å². The van der Waals surface area contributed by atoms with Crippen LogP contribution in [0.25, 0.3) is 11.1 Å². The topological polar surface area (TPSA) is 71.1 Å². The molecule has 1 heterocycles. The fourth-order valence-electron chi connectivity index (χ4n) is 5.76. The summed E-state index contributed by atoms with van der Waals surface area (Å²) in [7, 11) is 1.74. The molecule has 2 aliphatic rings. The number of esters is 1. The van der Waals surface area contributed by atoms with Gasteiger partial charge in [0.05, 0.1) is 12.1 Å². The van der Waals surface area contributed by atoms with E-state index in [1.54, 1.807) is 11.9 Å². The van der Waals surface area contributed by atoms with E-state index in [9.17, 15) is 9.59 Å². The van der Waals surface area contributed by atoms with Crippen LogP contribution in [0.2, 0.25) is 0 Å². The molecule has 210 valence electrons. The monoisotopic (exact) mass is 541 g/mol. The molecule has 3 aromatic carbocycles. The molecule has 1 fully saturated rings. The Morgan fingerprint density at radius 3 is 2.17 bits per heavy atom. The minimum Gasteiger partial charge on any atom is -0.460 e. The predicted molar refractivity (Wildman–Crippen MR) is 159 cm³/mol. The third-order valence-corrected chi connectivity index (χ3v) is 7.61. The van der Waals surface area contributed by atoms with Crippen molar-refractivity contribution in [2.45, 2.75) is 45.6 Å². The van der Waals surface area contributed by atoms with Crippen molar-refractivity contribution < 1.29 is 19.1 Å². The van der Waals surface area contributed by atoms with Gasteiger partial charge >= 0.3 is 12.1 Å². The Bertz CT molecular complexity index is 1360. The summed E-state index contributed by atoms with van der Waals surface area (Å²) >= 11 is 0. The molecule has 7 heteroatoms. The van der Waals surface area contributed by atoms with E-state index in [0.29, 0.717) is 0 Å². The van der Waals surface area contributed by atoms with Gasteiger partial charge in [0.25, 0.3) is 0 Å². The molecule has 40 heavy (non-hydrogen) atoms. The summed E-state index contributed by atoms with van der Waals surface area (Å²) in [6.45, 7) is 11.3. The van der Waals surface area contributed by atoms with Gasteiger partial charge < -0.3 is 19.7 Å². The Labute approximate surface area is 237 Å². The third-order valence-electron chi connectivity index (χ3n) is 7.61. The zero-order chi connectivity index (χ0) is 28.4. The first-order valence-corrected chi connectivity index (χ1v) is 14.0. The molecule has 5 rings (SSSR count). The van der Waals surface area contributed by atoms with Crippen LogP contribution in [-0.4, -0.2) is 57.5 Å². The molecule has 0 atom stereocenters. The van der Waals surface area contributed by atoms with E-state index in [1.807, 2.05) is 58.0 Å². The van der Waals surface area contributed by atoms with Crippen LogP contribution in [0.15, 0.2) is 60.7 Å². The summed E-state index contributed by atoms with van der Waals surface area (Å²) in [5.41, 5.74) is 7.71. The second-order valence-electron chi connectivity index (χ2n) is 11.6. The lowest BCUT2D eigenvalue weighted by molar-refractivity contribution is -0.153. The molecule has 1 aliphatic carbocycles. The maximum Gasteiger partial charge on any atom is 0.414 e. The first kappa shape index (κ1) is 27.7. The Balaban J connectivity index is 1.39. The number of hydrogen-bond donors (Lipinski definition) is 1. The number of hydrogen-bond acceptors (Lipinski definition) is 6. The molecule has 0 spiro atoms. The summed E-state index contributed by atoms with van der Waals surface area (Å²) in [5, 5.41) is 3.39. The van der Waals surface area contributed by atoms with Crippen molar-refractivity contribution >= 4 is 23.4 Å². The molecule has 0 bridgehead atoms. The van der Waals surface area contributed by atoms with E-state index in [4.69, 9.17) is 9.47 Å². The normalized spacial score (nSPS) is 14.9.